The van der Waals surface area contributed by atoms with Gasteiger partial charge >= 0.3 is 0 Å². The van der Waals surface area contributed by atoms with Crippen LogP contribution in [0.2, 0.25) is 0 Å². The molecule has 0 spiro atoms. The topological polar surface area (TPSA) is 56.0 Å². The number of nitrogen functional groups attached to an aromatic ring is 1. The molecule has 2 aromatic rings. The standard InChI is InChI=1S/C15H18N2O/c1-9(18)11-7-10-5-6-13(15(2,3)4)17-14(10)12(16)8-11/h5-8H,16H2,1-4H3. The molecule has 1 aromatic carbocycles. The number of fused-ring (bicyclic) bond motifs is 1. The van der Waals surface area contributed by atoms with E-state index in [9.17, 15) is 4.79 Å². The van der Waals surface area contributed by atoms with E-state index in [-0.39, 0.29) is 11.2 Å². The summed E-state index contributed by atoms with van der Waals surface area (Å²) in [5.74, 6) is 0.0171. The second-order valence-corrected chi connectivity index (χ2v) is 5.64. The molecular formula is C15H18N2O. The molecule has 0 bridgehead atoms. The molecule has 18 heavy (non-hydrogen) atoms. The highest BCUT2D eigenvalue weighted by molar-refractivity contribution is 6.01. The Bertz CT molecular complexity index is 624. The van der Waals surface area contributed by atoms with Crippen molar-refractivity contribution in [3.8, 4) is 0 Å². The molecule has 0 aliphatic carbocycles. The fraction of sp³-hybridized carbons (Fsp3) is 0.333. The van der Waals surface area contributed by atoms with E-state index < -0.39 is 0 Å². The normalized spacial score (nSPS) is 11.8. The average molecular weight is 242 g/mol. The van der Waals surface area contributed by atoms with Crippen LogP contribution >= 0.6 is 0 Å². The van der Waals surface area contributed by atoms with Crippen molar-refractivity contribution in [2.75, 3.05) is 5.73 Å². The maximum atomic E-state index is 11.4. The zero-order chi connectivity index (χ0) is 13.5. The van der Waals surface area contributed by atoms with Crippen molar-refractivity contribution >= 4 is 22.4 Å². The van der Waals surface area contributed by atoms with E-state index in [4.69, 9.17) is 5.73 Å². The molecule has 0 aliphatic heterocycles. The maximum Gasteiger partial charge on any atom is 0.159 e. The minimum absolute atomic E-state index is 0.0140. The monoisotopic (exact) mass is 242 g/mol. The van der Waals surface area contributed by atoms with Gasteiger partial charge in [-0.3, -0.25) is 9.78 Å². The first kappa shape index (κ1) is 12.6. The number of ketones is 1. The summed E-state index contributed by atoms with van der Waals surface area (Å²) in [6.07, 6.45) is 0. The average Bonchev–Trinajstić information content (AvgIpc) is 2.27. The van der Waals surface area contributed by atoms with Crippen LogP contribution in [0.3, 0.4) is 0 Å². The summed E-state index contributed by atoms with van der Waals surface area (Å²) < 4.78 is 0. The zero-order valence-corrected chi connectivity index (χ0v) is 11.2. The lowest BCUT2D eigenvalue weighted by Gasteiger charge is -2.18. The molecule has 0 radical (unpaired) electrons. The van der Waals surface area contributed by atoms with Crippen LogP contribution in [0.25, 0.3) is 10.9 Å². The van der Waals surface area contributed by atoms with Crippen molar-refractivity contribution < 1.29 is 4.79 Å². The van der Waals surface area contributed by atoms with E-state index >= 15 is 0 Å². The summed E-state index contributed by atoms with van der Waals surface area (Å²) in [5, 5.41) is 0.910. The van der Waals surface area contributed by atoms with Gasteiger partial charge < -0.3 is 5.73 Å². The number of carbonyl (C=O) groups is 1. The fourth-order valence-electron chi connectivity index (χ4n) is 1.88. The van der Waals surface area contributed by atoms with E-state index in [1.54, 1.807) is 6.07 Å². The summed E-state index contributed by atoms with van der Waals surface area (Å²) in [7, 11) is 0. The lowest BCUT2D eigenvalue weighted by Crippen LogP contribution is -2.13. The molecule has 2 N–H and O–H groups in total. The molecule has 0 fully saturated rings. The molecule has 0 amide bonds. The summed E-state index contributed by atoms with van der Waals surface area (Å²) >= 11 is 0. The largest absolute Gasteiger partial charge is 0.397 e. The SMILES string of the molecule is CC(=O)c1cc(N)c2nc(C(C)(C)C)ccc2c1. The van der Waals surface area contributed by atoms with Gasteiger partial charge in [-0.05, 0) is 25.1 Å². The smallest absolute Gasteiger partial charge is 0.159 e. The highest BCUT2D eigenvalue weighted by Gasteiger charge is 2.16. The molecule has 94 valence electrons. The molecule has 0 saturated carbocycles. The van der Waals surface area contributed by atoms with Crippen LogP contribution in [-0.2, 0) is 5.41 Å². The molecular weight excluding hydrogens is 224 g/mol. The van der Waals surface area contributed by atoms with Crippen molar-refractivity contribution in [1.82, 2.24) is 4.98 Å². The molecule has 3 nitrogen and oxygen atoms in total. The van der Waals surface area contributed by atoms with Crippen LogP contribution in [-0.4, -0.2) is 10.8 Å². The van der Waals surface area contributed by atoms with Gasteiger partial charge in [0.1, 0.15) is 0 Å². The first-order chi connectivity index (χ1) is 8.29. The molecule has 2 rings (SSSR count). The molecule has 1 heterocycles. The number of pyridine rings is 1. The number of nitrogens with two attached hydrogens (primary N) is 1. The minimum atomic E-state index is -0.0140. The van der Waals surface area contributed by atoms with Gasteiger partial charge in [0.25, 0.3) is 0 Å². The van der Waals surface area contributed by atoms with Gasteiger partial charge in [-0.2, -0.15) is 0 Å². The highest BCUT2D eigenvalue weighted by Crippen LogP contribution is 2.26. The van der Waals surface area contributed by atoms with Crippen LogP contribution < -0.4 is 5.73 Å². The number of benzene rings is 1. The summed E-state index contributed by atoms with van der Waals surface area (Å²) in [6.45, 7) is 7.88. The summed E-state index contributed by atoms with van der Waals surface area (Å²) in [5.41, 5.74) is 8.94. The van der Waals surface area contributed by atoms with Crippen LogP contribution in [0.15, 0.2) is 24.3 Å². The van der Waals surface area contributed by atoms with Crippen molar-refractivity contribution in [3.63, 3.8) is 0 Å². The number of hydrogen-bond donors (Lipinski definition) is 1. The van der Waals surface area contributed by atoms with Crippen molar-refractivity contribution in [2.24, 2.45) is 0 Å². The fourth-order valence-corrected chi connectivity index (χ4v) is 1.88. The molecule has 0 saturated heterocycles. The van der Waals surface area contributed by atoms with Crippen molar-refractivity contribution in [1.29, 1.82) is 0 Å². The van der Waals surface area contributed by atoms with Gasteiger partial charge in [-0.25, -0.2) is 0 Å². The van der Waals surface area contributed by atoms with Crippen LogP contribution in [0, 0.1) is 0 Å². The Morgan fingerprint density at radius 3 is 2.44 bits per heavy atom. The number of hydrogen-bond acceptors (Lipinski definition) is 3. The first-order valence-corrected chi connectivity index (χ1v) is 6.01. The molecule has 3 heteroatoms. The summed E-state index contributed by atoms with van der Waals surface area (Å²) in [4.78, 5) is 16.0. The Kier molecular flexibility index (Phi) is 2.85. The quantitative estimate of drug-likeness (QED) is 0.616. The Morgan fingerprint density at radius 2 is 1.89 bits per heavy atom. The number of carbonyl (C=O) groups excluding carboxylic acids is 1. The third kappa shape index (κ3) is 2.21. The van der Waals surface area contributed by atoms with Crippen molar-refractivity contribution in [3.05, 3.63) is 35.5 Å². The number of aromatic nitrogens is 1. The van der Waals surface area contributed by atoms with Crippen molar-refractivity contribution in [2.45, 2.75) is 33.1 Å². The van der Waals surface area contributed by atoms with E-state index in [1.807, 2.05) is 18.2 Å². The first-order valence-electron chi connectivity index (χ1n) is 6.01. The third-order valence-electron chi connectivity index (χ3n) is 3.00. The Balaban J connectivity index is 2.69. The summed E-state index contributed by atoms with van der Waals surface area (Å²) in [6, 6.07) is 7.51. The van der Waals surface area contributed by atoms with Gasteiger partial charge in [0.05, 0.1) is 11.2 Å². The van der Waals surface area contributed by atoms with Gasteiger partial charge in [0.15, 0.2) is 5.78 Å². The molecule has 0 aliphatic rings. The lowest BCUT2D eigenvalue weighted by atomic mass is 9.91. The van der Waals surface area contributed by atoms with E-state index in [2.05, 4.69) is 25.8 Å². The van der Waals surface area contributed by atoms with Gasteiger partial charge in [0, 0.05) is 22.1 Å². The zero-order valence-electron chi connectivity index (χ0n) is 11.2. The Hall–Kier alpha value is -1.90. The minimum Gasteiger partial charge on any atom is -0.397 e. The second kappa shape index (κ2) is 4.09. The van der Waals surface area contributed by atoms with Gasteiger partial charge in [-0.15, -0.1) is 0 Å². The van der Waals surface area contributed by atoms with E-state index in [1.165, 1.54) is 6.92 Å². The van der Waals surface area contributed by atoms with Crippen LogP contribution in [0.5, 0.6) is 0 Å². The second-order valence-electron chi connectivity index (χ2n) is 5.64. The van der Waals surface area contributed by atoms with Gasteiger partial charge in [-0.1, -0.05) is 26.8 Å². The molecule has 0 unspecified atom stereocenters. The van der Waals surface area contributed by atoms with Crippen LogP contribution in [0.4, 0.5) is 5.69 Å². The maximum absolute atomic E-state index is 11.4. The van der Waals surface area contributed by atoms with E-state index in [0.717, 1.165) is 16.6 Å². The van der Waals surface area contributed by atoms with Gasteiger partial charge in [0.2, 0.25) is 0 Å². The Morgan fingerprint density at radius 1 is 1.22 bits per heavy atom. The molecule has 0 atom stereocenters. The van der Waals surface area contributed by atoms with Crippen LogP contribution in [0.1, 0.15) is 43.7 Å². The highest BCUT2D eigenvalue weighted by atomic mass is 16.1. The molecule has 1 aromatic heterocycles. The Labute approximate surface area is 107 Å². The lowest BCUT2D eigenvalue weighted by molar-refractivity contribution is 0.101. The predicted molar refractivity (Wildman–Crippen MR) is 74.9 cm³/mol. The third-order valence-corrected chi connectivity index (χ3v) is 3.00. The number of Topliss-reactive ketones (excluding diaryl/α,β-unsaturated/α-hetero) is 1. The number of anilines is 1. The number of nitrogens with zero attached hydrogens (tertiary/aromatic N) is 1. The van der Waals surface area contributed by atoms with E-state index in [0.29, 0.717) is 11.3 Å². The predicted octanol–water partition coefficient (Wildman–Crippen LogP) is 3.32. The number of rotatable bonds is 1.